The molecule has 1 heterocycles. The van der Waals surface area contributed by atoms with Gasteiger partial charge in [-0.15, -0.1) is 0 Å². The Labute approximate surface area is 138 Å². The quantitative estimate of drug-likeness (QED) is 0.742. The monoisotopic (exact) mass is 327 g/mol. The summed E-state index contributed by atoms with van der Waals surface area (Å²) in [6.45, 7) is 2.76. The van der Waals surface area contributed by atoms with E-state index in [-0.39, 0.29) is 0 Å². The van der Waals surface area contributed by atoms with E-state index in [1.165, 1.54) is 21.0 Å². The van der Waals surface area contributed by atoms with Gasteiger partial charge in [-0.2, -0.15) is 0 Å². The molecule has 0 aliphatic rings. The number of methoxy groups -OCH3 is 1. The average Bonchev–Trinajstić information content (AvgIpc) is 2.90. The Balaban J connectivity index is 1.99. The molecular formula is C18H17NO5. The van der Waals surface area contributed by atoms with Crippen molar-refractivity contribution in [2.75, 3.05) is 12.4 Å². The molecule has 0 bridgehead atoms. The second-order valence-electron chi connectivity index (χ2n) is 5.39. The third-order valence-corrected chi connectivity index (χ3v) is 3.67. The number of amides is 1. The van der Waals surface area contributed by atoms with Gasteiger partial charge in [0.1, 0.15) is 16.9 Å². The lowest BCUT2D eigenvalue weighted by atomic mass is 10.1. The van der Waals surface area contributed by atoms with E-state index in [4.69, 9.17) is 13.9 Å². The molecule has 124 valence electrons. The first kappa shape index (κ1) is 15.9. The topological polar surface area (TPSA) is 77.8 Å². The third kappa shape index (κ3) is 2.90. The van der Waals surface area contributed by atoms with Gasteiger partial charge in [-0.1, -0.05) is 18.2 Å². The number of anilines is 1. The third-order valence-electron chi connectivity index (χ3n) is 3.67. The van der Waals surface area contributed by atoms with Crippen LogP contribution < -0.4 is 10.1 Å². The van der Waals surface area contributed by atoms with Crippen LogP contribution in [0.5, 0.6) is 5.75 Å². The SMILES string of the molecule is COc1cc2c(cc1NC(=O)[C@@H](C)OC(C)=O)oc1ccccc12. The maximum Gasteiger partial charge on any atom is 0.303 e. The molecule has 0 fully saturated rings. The number of benzene rings is 2. The number of ether oxygens (including phenoxy) is 2. The molecule has 3 rings (SSSR count). The van der Waals surface area contributed by atoms with E-state index in [1.807, 2.05) is 30.3 Å². The minimum atomic E-state index is -0.904. The minimum Gasteiger partial charge on any atom is -0.495 e. The van der Waals surface area contributed by atoms with E-state index in [0.717, 1.165) is 16.4 Å². The first-order chi connectivity index (χ1) is 11.5. The number of esters is 1. The first-order valence-electron chi connectivity index (χ1n) is 7.47. The highest BCUT2D eigenvalue weighted by atomic mass is 16.5. The van der Waals surface area contributed by atoms with Gasteiger partial charge in [-0.05, 0) is 19.1 Å². The number of carbonyl (C=O) groups excluding carboxylic acids is 2. The molecule has 0 radical (unpaired) electrons. The number of para-hydroxylation sites is 1. The molecule has 1 amide bonds. The Hall–Kier alpha value is -3.02. The van der Waals surface area contributed by atoms with Gasteiger partial charge in [0.25, 0.3) is 5.91 Å². The zero-order chi connectivity index (χ0) is 17.3. The number of furan rings is 1. The van der Waals surface area contributed by atoms with Gasteiger partial charge in [0, 0.05) is 23.8 Å². The van der Waals surface area contributed by atoms with Crippen LogP contribution in [0.3, 0.4) is 0 Å². The molecular weight excluding hydrogens is 310 g/mol. The summed E-state index contributed by atoms with van der Waals surface area (Å²) in [6.07, 6.45) is -0.904. The predicted molar refractivity (Wildman–Crippen MR) is 90.1 cm³/mol. The van der Waals surface area contributed by atoms with Crippen LogP contribution in [-0.4, -0.2) is 25.1 Å². The van der Waals surface area contributed by atoms with E-state index in [9.17, 15) is 9.59 Å². The molecule has 6 heteroatoms. The van der Waals surface area contributed by atoms with Crippen molar-refractivity contribution in [3.63, 3.8) is 0 Å². The van der Waals surface area contributed by atoms with E-state index in [1.54, 1.807) is 6.07 Å². The Morgan fingerprint density at radius 1 is 1.12 bits per heavy atom. The molecule has 0 aliphatic heterocycles. The molecule has 0 unspecified atom stereocenters. The Bertz CT molecular complexity index is 928. The summed E-state index contributed by atoms with van der Waals surface area (Å²) in [4.78, 5) is 23.1. The fraction of sp³-hybridized carbons (Fsp3) is 0.222. The average molecular weight is 327 g/mol. The van der Waals surface area contributed by atoms with E-state index >= 15 is 0 Å². The van der Waals surface area contributed by atoms with E-state index in [2.05, 4.69) is 5.32 Å². The second kappa shape index (κ2) is 6.23. The van der Waals surface area contributed by atoms with Crippen molar-refractivity contribution in [1.82, 2.24) is 0 Å². The molecule has 0 saturated carbocycles. The highest BCUT2D eigenvalue weighted by molar-refractivity contribution is 6.08. The lowest BCUT2D eigenvalue weighted by Crippen LogP contribution is -2.29. The molecule has 1 atom stereocenters. The Morgan fingerprint density at radius 3 is 2.58 bits per heavy atom. The molecule has 6 nitrogen and oxygen atoms in total. The maximum absolute atomic E-state index is 12.1. The molecule has 0 aliphatic carbocycles. The molecule has 0 spiro atoms. The molecule has 24 heavy (non-hydrogen) atoms. The fourth-order valence-corrected chi connectivity index (χ4v) is 2.55. The van der Waals surface area contributed by atoms with Crippen molar-refractivity contribution in [1.29, 1.82) is 0 Å². The minimum absolute atomic E-state index is 0.445. The van der Waals surface area contributed by atoms with Crippen molar-refractivity contribution in [3.05, 3.63) is 36.4 Å². The van der Waals surface area contributed by atoms with Gasteiger partial charge in [-0.25, -0.2) is 0 Å². The number of hydrogen-bond acceptors (Lipinski definition) is 5. The Kier molecular flexibility index (Phi) is 4.12. The molecule has 1 aromatic heterocycles. The number of fused-ring (bicyclic) bond motifs is 3. The van der Waals surface area contributed by atoms with Gasteiger partial charge in [0.2, 0.25) is 0 Å². The van der Waals surface area contributed by atoms with Crippen LogP contribution >= 0.6 is 0 Å². The number of carbonyl (C=O) groups is 2. The predicted octanol–water partition coefficient (Wildman–Crippen LogP) is 3.48. The van der Waals surface area contributed by atoms with Crippen LogP contribution in [0.25, 0.3) is 21.9 Å². The maximum atomic E-state index is 12.1. The largest absolute Gasteiger partial charge is 0.495 e. The molecule has 1 N–H and O–H groups in total. The highest BCUT2D eigenvalue weighted by Crippen LogP contribution is 2.36. The fourth-order valence-electron chi connectivity index (χ4n) is 2.55. The molecule has 3 aromatic rings. The number of rotatable bonds is 4. The zero-order valence-electron chi connectivity index (χ0n) is 13.6. The molecule has 0 saturated heterocycles. The van der Waals surface area contributed by atoms with Crippen molar-refractivity contribution in [2.45, 2.75) is 20.0 Å². The first-order valence-corrected chi connectivity index (χ1v) is 7.47. The van der Waals surface area contributed by atoms with Crippen LogP contribution in [0.1, 0.15) is 13.8 Å². The van der Waals surface area contributed by atoms with Crippen molar-refractivity contribution >= 4 is 39.5 Å². The van der Waals surface area contributed by atoms with Crippen molar-refractivity contribution in [3.8, 4) is 5.75 Å². The van der Waals surface area contributed by atoms with Crippen LogP contribution in [0.15, 0.2) is 40.8 Å². The number of nitrogens with one attached hydrogen (secondary N) is 1. The summed E-state index contributed by atoms with van der Waals surface area (Å²) in [5.74, 6) is -0.464. The zero-order valence-corrected chi connectivity index (χ0v) is 13.6. The molecule has 2 aromatic carbocycles. The summed E-state index contributed by atoms with van der Waals surface area (Å²) < 4.78 is 16.1. The van der Waals surface area contributed by atoms with Crippen LogP contribution in [-0.2, 0) is 14.3 Å². The second-order valence-corrected chi connectivity index (χ2v) is 5.39. The van der Waals surface area contributed by atoms with E-state index < -0.39 is 18.0 Å². The normalized spacial score (nSPS) is 12.1. The highest BCUT2D eigenvalue weighted by Gasteiger charge is 2.19. The van der Waals surface area contributed by atoms with Gasteiger partial charge in [-0.3, -0.25) is 9.59 Å². The lowest BCUT2D eigenvalue weighted by Gasteiger charge is -2.14. The van der Waals surface area contributed by atoms with Gasteiger partial charge in [0.15, 0.2) is 6.10 Å². The van der Waals surface area contributed by atoms with Crippen molar-refractivity contribution < 1.29 is 23.5 Å². The van der Waals surface area contributed by atoms with Crippen molar-refractivity contribution in [2.24, 2.45) is 0 Å². The summed E-state index contributed by atoms with van der Waals surface area (Å²) in [6, 6.07) is 11.2. The summed E-state index contributed by atoms with van der Waals surface area (Å²) in [7, 11) is 1.52. The Morgan fingerprint density at radius 2 is 1.88 bits per heavy atom. The lowest BCUT2D eigenvalue weighted by molar-refractivity contribution is -0.150. The standard InChI is InChI=1S/C18H17NO5/c1-10(23-11(2)20)18(21)19-14-9-16-13(8-17(14)22-3)12-6-4-5-7-15(12)24-16/h4-10H,1-3H3,(H,19,21)/t10-/m1/s1. The summed E-state index contributed by atoms with van der Waals surface area (Å²) in [5, 5.41) is 4.57. The smallest absolute Gasteiger partial charge is 0.303 e. The number of hydrogen-bond donors (Lipinski definition) is 1. The van der Waals surface area contributed by atoms with Gasteiger partial charge >= 0.3 is 5.97 Å². The summed E-state index contributed by atoms with van der Waals surface area (Å²) in [5.41, 5.74) is 1.84. The summed E-state index contributed by atoms with van der Waals surface area (Å²) >= 11 is 0. The van der Waals surface area contributed by atoms with Crippen LogP contribution in [0, 0.1) is 0 Å². The van der Waals surface area contributed by atoms with Gasteiger partial charge < -0.3 is 19.2 Å². The van der Waals surface area contributed by atoms with Crippen LogP contribution in [0.2, 0.25) is 0 Å². The van der Waals surface area contributed by atoms with Crippen LogP contribution in [0.4, 0.5) is 5.69 Å². The van der Waals surface area contributed by atoms with Gasteiger partial charge in [0.05, 0.1) is 12.8 Å². The van der Waals surface area contributed by atoms with E-state index in [0.29, 0.717) is 17.0 Å².